The van der Waals surface area contributed by atoms with Gasteiger partial charge in [0.15, 0.2) is 12.2 Å². The van der Waals surface area contributed by atoms with Crippen LogP contribution in [0.2, 0.25) is 0 Å². The maximum atomic E-state index is 11.7. The van der Waals surface area contributed by atoms with Crippen molar-refractivity contribution in [3.8, 4) is 0 Å². The van der Waals surface area contributed by atoms with E-state index in [9.17, 15) is 14.4 Å². The lowest BCUT2D eigenvalue weighted by Gasteiger charge is -2.29. The number of methoxy groups -OCH3 is 1. The van der Waals surface area contributed by atoms with Crippen molar-refractivity contribution in [2.75, 3.05) is 13.7 Å². The minimum absolute atomic E-state index is 0.0588. The number of hydrogen-bond acceptors (Lipinski definition) is 7. The van der Waals surface area contributed by atoms with E-state index in [0.29, 0.717) is 0 Å². The molecule has 0 spiro atoms. The van der Waals surface area contributed by atoms with Gasteiger partial charge in [-0.1, -0.05) is 6.08 Å². The van der Waals surface area contributed by atoms with E-state index in [0.717, 1.165) is 0 Å². The maximum Gasteiger partial charge on any atom is 0.337 e. The Balaban J connectivity index is 3.17. The van der Waals surface area contributed by atoms with Gasteiger partial charge in [0.05, 0.1) is 19.3 Å². The van der Waals surface area contributed by atoms with Crippen LogP contribution in [0.1, 0.15) is 13.8 Å². The van der Waals surface area contributed by atoms with Crippen LogP contribution in [-0.4, -0.2) is 43.8 Å². The molecular formula is C15H18O7. The first-order valence-corrected chi connectivity index (χ1v) is 6.49. The number of ether oxygens (including phenoxy) is 4. The molecule has 0 aromatic heterocycles. The van der Waals surface area contributed by atoms with E-state index in [-0.39, 0.29) is 17.9 Å². The Morgan fingerprint density at radius 2 is 1.95 bits per heavy atom. The second kappa shape index (κ2) is 8.14. The Hall–Kier alpha value is -2.41. The summed E-state index contributed by atoms with van der Waals surface area (Å²) in [7, 11) is 1.21. The minimum Gasteiger partial charge on any atom is -0.465 e. The lowest BCUT2D eigenvalue weighted by Crippen LogP contribution is -2.37. The fraction of sp³-hybridized carbons (Fsp3) is 0.400. The average Bonchev–Trinajstić information content (AvgIpc) is 2.44. The second-order valence-electron chi connectivity index (χ2n) is 4.37. The van der Waals surface area contributed by atoms with E-state index in [1.807, 2.05) is 0 Å². The Morgan fingerprint density at radius 3 is 2.45 bits per heavy atom. The molecule has 0 radical (unpaired) electrons. The van der Waals surface area contributed by atoms with Crippen LogP contribution < -0.4 is 0 Å². The van der Waals surface area contributed by atoms with Crippen molar-refractivity contribution < 1.29 is 33.3 Å². The van der Waals surface area contributed by atoms with Gasteiger partial charge >= 0.3 is 17.9 Å². The van der Waals surface area contributed by atoms with Gasteiger partial charge < -0.3 is 18.9 Å². The molecule has 0 aromatic rings. The molecule has 0 aliphatic heterocycles. The molecule has 0 saturated carbocycles. The van der Waals surface area contributed by atoms with Crippen LogP contribution in [-0.2, 0) is 33.3 Å². The van der Waals surface area contributed by atoms with Crippen molar-refractivity contribution in [1.82, 2.24) is 0 Å². The van der Waals surface area contributed by atoms with Crippen molar-refractivity contribution >= 4 is 17.9 Å². The summed E-state index contributed by atoms with van der Waals surface area (Å²) in [6.07, 6.45) is 2.41. The van der Waals surface area contributed by atoms with Gasteiger partial charge in [-0.05, 0) is 12.2 Å². The van der Waals surface area contributed by atoms with Crippen LogP contribution in [0.25, 0.3) is 0 Å². The number of esters is 3. The topological polar surface area (TPSA) is 88.1 Å². The van der Waals surface area contributed by atoms with Crippen molar-refractivity contribution in [1.29, 1.82) is 0 Å². The molecule has 0 aromatic carbocycles. The standard InChI is InChI=1S/C15H18O7/c1-5-6-20-14-12(21-9(2)16)7-11(15(18)19-4)8-13(14)22-10(3)17/h5,7-8,12,14H,1,6H2,2-4H3. The molecular weight excluding hydrogens is 292 g/mol. The highest BCUT2D eigenvalue weighted by Crippen LogP contribution is 2.25. The summed E-state index contributed by atoms with van der Waals surface area (Å²) in [4.78, 5) is 34.1. The molecule has 0 heterocycles. The zero-order valence-corrected chi connectivity index (χ0v) is 12.7. The smallest absolute Gasteiger partial charge is 0.337 e. The highest BCUT2D eigenvalue weighted by Gasteiger charge is 2.34. The SMILES string of the molecule is C=CCOC1C(OC(C)=O)=CC(C(=O)OC)=CC1OC(C)=O. The van der Waals surface area contributed by atoms with E-state index in [2.05, 4.69) is 11.3 Å². The second-order valence-corrected chi connectivity index (χ2v) is 4.37. The molecule has 7 nitrogen and oxygen atoms in total. The number of carbonyl (C=O) groups excluding carboxylic acids is 3. The highest BCUT2D eigenvalue weighted by molar-refractivity contribution is 5.92. The number of rotatable bonds is 6. The van der Waals surface area contributed by atoms with Gasteiger partial charge in [0.2, 0.25) is 0 Å². The van der Waals surface area contributed by atoms with Crippen molar-refractivity contribution in [2.45, 2.75) is 26.1 Å². The molecule has 0 saturated heterocycles. The summed E-state index contributed by atoms with van der Waals surface area (Å²) in [6, 6.07) is 0. The lowest BCUT2D eigenvalue weighted by atomic mass is 10.00. The molecule has 1 aliphatic carbocycles. The van der Waals surface area contributed by atoms with Crippen LogP contribution in [0.15, 0.2) is 36.1 Å². The highest BCUT2D eigenvalue weighted by atomic mass is 16.6. The molecule has 7 heteroatoms. The fourth-order valence-electron chi connectivity index (χ4n) is 1.84. The molecule has 0 bridgehead atoms. The van der Waals surface area contributed by atoms with Crippen molar-refractivity contribution in [3.63, 3.8) is 0 Å². The van der Waals surface area contributed by atoms with Gasteiger partial charge in [-0.2, -0.15) is 0 Å². The maximum absolute atomic E-state index is 11.7. The minimum atomic E-state index is -0.925. The van der Waals surface area contributed by atoms with Crippen LogP contribution in [0.3, 0.4) is 0 Å². The van der Waals surface area contributed by atoms with Gasteiger partial charge in [-0.25, -0.2) is 4.79 Å². The van der Waals surface area contributed by atoms with E-state index in [4.69, 9.17) is 14.2 Å². The fourth-order valence-corrected chi connectivity index (χ4v) is 1.84. The summed E-state index contributed by atoms with van der Waals surface area (Å²) in [5, 5.41) is 0. The molecule has 0 fully saturated rings. The molecule has 1 aliphatic rings. The number of carbonyl (C=O) groups is 3. The Labute approximate surface area is 128 Å². The summed E-state index contributed by atoms with van der Waals surface area (Å²) in [6.45, 7) is 6.10. The third kappa shape index (κ3) is 4.85. The first-order chi connectivity index (χ1) is 10.4. The van der Waals surface area contributed by atoms with E-state index >= 15 is 0 Å². The quantitative estimate of drug-likeness (QED) is 0.411. The largest absolute Gasteiger partial charge is 0.465 e. The van der Waals surface area contributed by atoms with Gasteiger partial charge in [0.1, 0.15) is 5.76 Å². The van der Waals surface area contributed by atoms with Crippen LogP contribution in [0.4, 0.5) is 0 Å². The zero-order valence-electron chi connectivity index (χ0n) is 12.7. The molecule has 1 rings (SSSR count). The van der Waals surface area contributed by atoms with Gasteiger partial charge in [-0.3, -0.25) is 9.59 Å². The van der Waals surface area contributed by atoms with E-state index in [1.54, 1.807) is 0 Å². The third-order valence-corrected chi connectivity index (χ3v) is 2.60. The Bertz CT molecular complexity index is 530. The average molecular weight is 310 g/mol. The van der Waals surface area contributed by atoms with Crippen LogP contribution >= 0.6 is 0 Å². The van der Waals surface area contributed by atoms with E-state index < -0.39 is 30.1 Å². The normalized spacial score (nSPS) is 20.3. The molecule has 120 valence electrons. The molecule has 2 unspecified atom stereocenters. The molecule has 22 heavy (non-hydrogen) atoms. The predicted octanol–water partition coefficient (Wildman–Crippen LogP) is 1.05. The monoisotopic (exact) mass is 310 g/mol. The molecule has 0 N–H and O–H groups in total. The first kappa shape index (κ1) is 17.6. The van der Waals surface area contributed by atoms with Crippen LogP contribution in [0.5, 0.6) is 0 Å². The molecule has 2 atom stereocenters. The van der Waals surface area contributed by atoms with Crippen molar-refractivity contribution in [3.05, 3.63) is 36.1 Å². The van der Waals surface area contributed by atoms with Gasteiger partial charge in [0.25, 0.3) is 0 Å². The number of hydrogen-bond donors (Lipinski definition) is 0. The van der Waals surface area contributed by atoms with E-state index in [1.165, 1.54) is 39.2 Å². The van der Waals surface area contributed by atoms with Crippen LogP contribution in [0, 0.1) is 0 Å². The van der Waals surface area contributed by atoms with Gasteiger partial charge in [-0.15, -0.1) is 6.58 Å². The zero-order chi connectivity index (χ0) is 16.7. The lowest BCUT2D eigenvalue weighted by molar-refractivity contribution is -0.153. The molecule has 0 amide bonds. The Morgan fingerprint density at radius 1 is 1.27 bits per heavy atom. The predicted molar refractivity (Wildman–Crippen MR) is 75.4 cm³/mol. The Kier molecular flexibility index (Phi) is 6.52. The summed E-state index contributed by atoms with van der Waals surface area (Å²) in [5.74, 6) is -1.75. The third-order valence-electron chi connectivity index (χ3n) is 2.60. The summed E-state index contributed by atoms with van der Waals surface area (Å²) >= 11 is 0. The summed E-state index contributed by atoms with van der Waals surface area (Å²) in [5.41, 5.74) is 0.100. The summed E-state index contributed by atoms with van der Waals surface area (Å²) < 4.78 is 20.3. The van der Waals surface area contributed by atoms with Gasteiger partial charge in [0, 0.05) is 13.8 Å². The first-order valence-electron chi connectivity index (χ1n) is 6.49. The van der Waals surface area contributed by atoms with Crippen molar-refractivity contribution in [2.24, 2.45) is 0 Å².